The third-order valence-corrected chi connectivity index (χ3v) is 5.43. The largest absolute Gasteiger partial charge is 0.390 e. The van der Waals surface area contributed by atoms with Gasteiger partial charge in [-0.2, -0.15) is 0 Å². The minimum Gasteiger partial charge on any atom is -0.390 e. The first-order valence-electron chi connectivity index (χ1n) is 9.04. The Morgan fingerprint density at radius 1 is 1.11 bits per heavy atom. The van der Waals surface area contributed by atoms with Gasteiger partial charge in [0.15, 0.2) is 6.10 Å². The highest BCUT2D eigenvalue weighted by Crippen LogP contribution is 2.21. The van der Waals surface area contributed by atoms with E-state index in [0.29, 0.717) is 24.4 Å². The average Bonchev–Trinajstić information content (AvgIpc) is 3.42. The van der Waals surface area contributed by atoms with Crippen molar-refractivity contribution in [1.29, 1.82) is 0 Å². The van der Waals surface area contributed by atoms with E-state index in [9.17, 15) is 9.18 Å². The molecule has 0 unspecified atom stereocenters. The number of oxime groups is 1. The van der Waals surface area contributed by atoms with Gasteiger partial charge in [0.2, 0.25) is 0 Å². The number of rotatable bonds is 6. The highest BCUT2D eigenvalue weighted by Gasteiger charge is 2.27. The van der Waals surface area contributed by atoms with E-state index in [1.54, 1.807) is 17.0 Å². The van der Waals surface area contributed by atoms with Crippen LogP contribution in [0.3, 0.4) is 0 Å². The Balaban J connectivity index is 1.48. The summed E-state index contributed by atoms with van der Waals surface area (Å²) in [6.45, 7) is 0.797. The molecule has 4 nitrogen and oxygen atoms in total. The molecule has 0 aliphatic carbocycles. The highest BCUT2D eigenvalue weighted by atomic mass is 32.1. The fraction of sp³-hybridized carbons (Fsp3) is 0.182. The third kappa shape index (κ3) is 4.28. The number of halogens is 1. The van der Waals surface area contributed by atoms with Crippen LogP contribution in [-0.4, -0.2) is 29.2 Å². The van der Waals surface area contributed by atoms with Crippen molar-refractivity contribution in [1.82, 2.24) is 4.90 Å². The first kappa shape index (κ1) is 18.4. The molecule has 0 fully saturated rings. The van der Waals surface area contributed by atoms with Crippen molar-refractivity contribution in [3.8, 4) is 0 Å². The molecule has 1 aliphatic heterocycles. The Kier molecular flexibility index (Phi) is 5.48. The Labute approximate surface area is 166 Å². The summed E-state index contributed by atoms with van der Waals surface area (Å²) in [5.41, 5.74) is 2.78. The van der Waals surface area contributed by atoms with Gasteiger partial charge in [-0.15, -0.1) is 11.3 Å². The molecule has 142 valence electrons. The quantitative estimate of drug-likeness (QED) is 0.607. The molecule has 28 heavy (non-hydrogen) atoms. The van der Waals surface area contributed by atoms with Gasteiger partial charge in [-0.25, -0.2) is 4.39 Å². The lowest BCUT2D eigenvalue weighted by Crippen LogP contribution is -2.37. The van der Waals surface area contributed by atoms with Crippen molar-refractivity contribution in [2.75, 3.05) is 6.54 Å². The Bertz CT molecular complexity index is 956. The minimum absolute atomic E-state index is 0.0592. The summed E-state index contributed by atoms with van der Waals surface area (Å²) in [7, 11) is 0. The zero-order valence-electron chi connectivity index (χ0n) is 15.1. The van der Waals surface area contributed by atoms with Gasteiger partial charge in [-0.1, -0.05) is 53.7 Å². The zero-order valence-corrected chi connectivity index (χ0v) is 15.9. The molecule has 3 aromatic rings. The first-order valence-corrected chi connectivity index (χ1v) is 9.92. The Hall–Kier alpha value is -2.99. The van der Waals surface area contributed by atoms with Gasteiger partial charge >= 0.3 is 0 Å². The van der Waals surface area contributed by atoms with Gasteiger partial charge in [0.1, 0.15) is 5.82 Å². The summed E-state index contributed by atoms with van der Waals surface area (Å²) in [4.78, 5) is 21.0. The lowest BCUT2D eigenvalue weighted by atomic mass is 10.0. The van der Waals surface area contributed by atoms with Crippen molar-refractivity contribution < 1.29 is 14.0 Å². The molecule has 2 heterocycles. The van der Waals surface area contributed by atoms with Crippen molar-refractivity contribution in [3.63, 3.8) is 0 Å². The zero-order chi connectivity index (χ0) is 19.3. The maximum Gasteiger partial charge on any atom is 0.264 e. The van der Waals surface area contributed by atoms with Gasteiger partial charge in [0.25, 0.3) is 5.91 Å². The standard InChI is InChI=1S/C22H19FN2O2S/c23-18-10-8-16(9-11-18)14-25(22(26)21-7-4-12-28-21)15-19-13-20(24-27-19)17-5-2-1-3-6-17/h1-12,19H,13-15H2/t19-/m0/s1. The maximum absolute atomic E-state index is 13.2. The molecule has 4 rings (SSSR count). The molecular weight excluding hydrogens is 375 g/mol. The van der Waals surface area contributed by atoms with E-state index in [2.05, 4.69) is 5.16 Å². The van der Waals surface area contributed by atoms with Crippen LogP contribution >= 0.6 is 11.3 Å². The van der Waals surface area contributed by atoms with E-state index in [-0.39, 0.29) is 17.8 Å². The second-order valence-electron chi connectivity index (χ2n) is 6.62. The van der Waals surface area contributed by atoms with Gasteiger partial charge in [-0.3, -0.25) is 4.79 Å². The number of hydrogen-bond donors (Lipinski definition) is 0. The summed E-state index contributed by atoms with van der Waals surface area (Å²) in [5, 5.41) is 6.09. The fourth-order valence-corrected chi connectivity index (χ4v) is 3.85. The van der Waals surface area contributed by atoms with E-state index >= 15 is 0 Å². The third-order valence-electron chi connectivity index (χ3n) is 4.57. The van der Waals surface area contributed by atoms with E-state index in [1.165, 1.54) is 23.5 Å². The lowest BCUT2D eigenvalue weighted by Gasteiger charge is -2.24. The molecule has 0 radical (unpaired) electrons. The number of carbonyl (C=O) groups is 1. The number of amides is 1. The molecule has 1 atom stereocenters. The predicted molar refractivity (Wildman–Crippen MR) is 108 cm³/mol. The molecule has 0 saturated heterocycles. The minimum atomic E-state index is -0.292. The Morgan fingerprint density at radius 3 is 2.61 bits per heavy atom. The first-order chi connectivity index (χ1) is 13.7. The second kappa shape index (κ2) is 8.35. The fourth-order valence-electron chi connectivity index (χ4n) is 3.16. The lowest BCUT2D eigenvalue weighted by molar-refractivity contribution is 0.0408. The van der Waals surface area contributed by atoms with Crippen LogP contribution in [0, 0.1) is 5.82 Å². The number of thiophene rings is 1. The molecule has 1 aromatic heterocycles. The molecule has 0 spiro atoms. The normalized spacial score (nSPS) is 15.8. The summed E-state index contributed by atoms with van der Waals surface area (Å²) in [5.74, 6) is -0.351. The molecule has 6 heteroatoms. The molecule has 0 saturated carbocycles. The van der Waals surface area contributed by atoms with Crippen molar-refractivity contribution >= 4 is 23.0 Å². The van der Waals surface area contributed by atoms with Crippen molar-refractivity contribution in [3.05, 3.63) is 93.9 Å². The molecule has 0 bridgehead atoms. The molecule has 1 amide bonds. The van der Waals surface area contributed by atoms with Crippen LogP contribution < -0.4 is 0 Å². The van der Waals surface area contributed by atoms with Gasteiger partial charge < -0.3 is 9.74 Å². The van der Waals surface area contributed by atoms with E-state index < -0.39 is 0 Å². The number of hydrogen-bond acceptors (Lipinski definition) is 4. The highest BCUT2D eigenvalue weighted by molar-refractivity contribution is 7.12. The Morgan fingerprint density at radius 2 is 1.89 bits per heavy atom. The van der Waals surface area contributed by atoms with Crippen LogP contribution in [0.5, 0.6) is 0 Å². The summed E-state index contributed by atoms with van der Waals surface area (Å²) < 4.78 is 13.2. The van der Waals surface area contributed by atoms with Crippen molar-refractivity contribution in [2.45, 2.75) is 19.1 Å². The molecular formula is C22H19FN2O2S. The van der Waals surface area contributed by atoms with Crippen LogP contribution in [-0.2, 0) is 11.4 Å². The number of benzene rings is 2. The maximum atomic E-state index is 13.2. The predicted octanol–water partition coefficient (Wildman–Crippen LogP) is 4.72. The monoisotopic (exact) mass is 394 g/mol. The molecule has 2 aromatic carbocycles. The summed E-state index contributed by atoms with van der Waals surface area (Å²) >= 11 is 1.41. The van der Waals surface area contributed by atoms with E-state index in [0.717, 1.165) is 16.8 Å². The van der Waals surface area contributed by atoms with Gasteiger partial charge in [0.05, 0.1) is 17.1 Å². The van der Waals surface area contributed by atoms with Crippen LogP contribution in [0.1, 0.15) is 27.2 Å². The van der Waals surface area contributed by atoms with Crippen LogP contribution in [0.4, 0.5) is 4.39 Å². The van der Waals surface area contributed by atoms with E-state index in [1.807, 2.05) is 47.8 Å². The SMILES string of the molecule is O=C(c1cccs1)N(Cc1ccc(F)cc1)C[C@@H]1CC(c2ccccc2)=NO1. The van der Waals surface area contributed by atoms with Gasteiger partial charge in [-0.05, 0) is 34.7 Å². The van der Waals surface area contributed by atoms with Gasteiger partial charge in [0, 0.05) is 13.0 Å². The smallest absolute Gasteiger partial charge is 0.264 e. The van der Waals surface area contributed by atoms with Crippen LogP contribution in [0.15, 0.2) is 77.3 Å². The van der Waals surface area contributed by atoms with Crippen LogP contribution in [0.2, 0.25) is 0 Å². The average molecular weight is 394 g/mol. The van der Waals surface area contributed by atoms with Crippen LogP contribution in [0.25, 0.3) is 0 Å². The molecule has 0 N–H and O–H groups in total. The van der Waals surface area contributed by atoms with E-state index in [4.69, 9.17) is 4.84 Å². The second-order valence-corrected chi connectivity index (χ2v) is 7.57. The topological polar surface area (TPSA) is 41.9 Å². The molecule has 1 aliphatic rings. The number of nitrogens with zero attached hydrogens (tertiary/aromatic N) is 2. The number of carbonyl (C=O) groups excluding carboxylic acids is 1. The summed E-state index contributed by atoms with van der Waals surface area (Å²) in [6, 6.07) is 19.8. The summed E-state index contributed by atoms with van der Waals surface area (Å²) in [6.07, 6.45) is 0.432. The van der Waals surface area contributed by atoms with Crippen molar-refractivity contribution in [2.24, 2.45) is 5.16 Å².